The zero-order valence-corrected chi connectivity index (χ0v) is 11.5. The molecule has 1 aromatic heterocycles. The molecule has 98 valence electrons. The van der Waals surface area contributed by atoms with Gasteiger partial charge in [0.2, 0.25) is 0 Å². The lowest BCUT2D eigenvalue weighted by molar-refractivity contribution is 0.0981. The van der Waals surface area contributed by atoms with E-state index in [0.717, 1.165) is 25.8 Å². The molecule has 0 fully saturated rings. The van der Waals surface area contributed by atoms with Gasteiger partial charge in [0.15, 0.2) is 5.78 Å². The normalized spacial score (nSPS) is 15.6. The van der Waals surface area contributed by atoms with Gasteiger partial charge in [-0.15, -0.1) is 0 Å². The first kappa shape index (κ1) is 13.3. The molecule has 1 aromatic rings. The van der Waals surface area contributed by atoms with E-state index in [-0.39, 0.29) is 5.78 Å². The number of aryl methyl sites for hydroxylation is 1. The fourth-order valence-electron chi connectivity index (χ4n) is 2.38. The maximum Gasteiger partial charge on any atom is 0.186 e. The number of hydrogen-bond acceptors (Lipinski definition) is 2. The lowest BCUT2D eigenvalue weighted by Crippen LogP contribution is -2.12. The van der Waals surface area contributed by atoms with Gasteiger partial charge >= 0.3 is 0 Å². The Morgan fingerprint density at radius 2 is 2.33 bits per heavy atom. The molecule has 1 heterocycles. The second kappa shape index (κ2) is 6.19. The van der Waals surface area contributed by atoms with Crippen LogP contribution in [0.3, 0.4) is 0 Å². The van der Waals surface area contributed by atoms with E-state index in [4.69, 9.17) is 11.6 Å². The third-order valence-corrected chi connectivity index (χ3v) is 3.54. The fraction of sp³-hybridized carbons (Fsp3) is 0.571. The second-order valence-electron chi connectivity index (χ2n) is 4.77. The molecule has 0 saturated carbocycles. The summed E-state index contributed by atoms with van der Waals surface area (Å²) in [6.07, 6.45) is 9.80. The molecule has 2 rings (SSSR count). The number of nitrogens with zero attached hydrogens (tertiary/aromatic N) is 2. The van der Waals surface area contributed by atoms with Gasteiger partial charge in [-0.05, 0) is 32.1 Å². The fourth-order valence-corrected chi connectivity index (χ4v) is 2.62. The molecule has 0 aliphatic heterocycles. The minimum Gasteiger partial charge on any atom is -0.292 e. The minimum atomic E-state index is 0.0964. The molecule has 0 atom stereocenters. The van der Waals surface area contributed by atoms with Crippen LogP contribution in [0, 0.1) is 0 Å². The van der Waals surface area contributed by atoms with Crippen molar-refractivity contribution in [2.75, 3.05) is 0 Å². The Bertz CT molecular complexity index is 462. The van der Waals surface area contributed by atoms with E-state index in [9.17, 15) is 4.79 Å². The molecule has 0 aromatic carbocycles. The smallest absolute Gasteiger partial charge is 0.186 e. The van der Waals surface area contributed by atoms with Crippen molar-refractivity contribution in [3.05, 3.63) is 28.6 Å². The lowest BCUT2D eigenvalue weighted by Gasteiger charge is -2.12. The van der Waals surface area contributed by atoms with Crippen LogP contribution in [-0.4, -0.2) is 15.6 Å². The SMILES string of the molecule is CCCn1ncc(Cl)c1C(=O)CC1=CCCCC1. The molecular formula is C14H19ClN2O. The maximum atomic E-state index is 12.3. The van der Waals surface area contributed by atoms with Crippen molar-refractivity contribution >= 4 is 17.4 Å². The van der Waals surface area contributed by atoms with Crippen LogP contribution >= 0.6 is 11.6 Å². The molecule has 0 saturated heterocycles. The Morgan fingerprint density at radius 1 is 1.50 bits per heavy atom. The van der Waals surface area contributed by atoms with Gasteiger partial charge in [-0.2, -0.15) is 5.10 Å². The third kappa shape index (κ3) is 3.02. The van der Waals surface area contributed by atoms with Gasteiger partial charge in [-0.25, -0.2) is 0 Å². The van der Waals surface area contributed by atoms with Gasteiger partial charge < -0.3 is 0 Å². The van der Waals surface area contributed by atoms with Crippen molar-refractivity contribution in [1.82, 2.24) is 9.78 Å². The van der Waals surface area contributed by atoms with E-state index >= 15 is 0 Å². The number of carbonyl (C=O) groups excluding carboxylic acids is 1. The first-order valence-corrected chi connectivity index (χ1v) is 7.02. The molecule has 0 amide bonds. The lowest BCUT2D eigenvalue weighted by atomic mass is 9.95. The molecule has 1 aliphatic rings. The Hall–Kier alpha value is -1.09. The summed E-state index contributed by atoms with van der Waals surface area (Å²) in [6.45, 7) is 2.81. The van der Waals surface area contributed by atoms with Crippen LogP contribution in [0.15, 0.2) is 17.8 Å². The average Bonchev–Trinajstić information content (AvgIpc) is 2.72. The highest BCUT2D eigenvalue weighted by atomic mass is 35.5. The Morgan fingerprint density at radius 3 is 3.00 bits per heavy atom. The van der Waals surface area contributed by atoms with Crippen LogP contribution in [0.2, 0.25) is 5.02 Å². The molecule has 0 N–H and O–H groups in total. The average molecular weight is 267 g/mol. The van der Waals surface area contributed by atoms with Crippen LogP contribution in [0.4, 0.5) is 0 Å². The molecule has 0 radical (unpaired) electrons. The van der Waals surface area contributed by atoms with Crippen LogP contribution < -0.4 is 0 Å². The van der Waals surface area contributed by atoms with Crippen LogP contribution in [-0.2, 0) is 6.54 Å². The van der Waals surface area contributed by atoms with E-state index in [1.165, 1.54) is 18.4 Å². The summed E-state index contributed by atoms with van der Waals surface area (Å²) in [7, 11) is 0. The Kier molecular flexibility index (Phi) is 4.59. The molecule has 18 heavy (non-hydrogen) atoms. The highest BCUT2D eigenvalue weighted by Crippen LogP contribution is 2.24. The number of allylic oxidation sites excluding steroid dienone is 2. The summed E-state index contributed by atoms with van der Waals surface area (Å²) >= 11 is 6.07. The van der Waals surface area contributed by atoms with E-state index < -0.39 is 0 Å². The van der Waals surface area contributed by atoms with Crippen molar-refractivity contribution < 1.29 is 4.79 Å². The largest absolute Gasteiger partial charge is 0.292 e. The number of carbonyl (C=O) groups is 1. The Balaban J connectivity index is 2.12. The summed E-state index contributed by atoms with van der Waals surface area (Å²) in [4.78, 5) is 12.3. The zero-order valence-electron chi connectivity index (χ0n) is 10.8. The number of halogens is 1. The zero-order chi connectivity index (χ0) is 13.0. The number of aromatic nitrogens is 2. The minimum absolute atomic E-state index is 0.0964. The van der Waals surface area contributed by atoms with Crippen molar-refractivity contribution in [2.45, 2.75) is 52.0 Å². The van der Waals surface area contributed by atoms with Crippen molar-refractivity contribution in [1.29, 1.82) is 0 Å². The number of hydrogen-bond donors (Lipinski definition) is 0. The van der Waals surface area contributed by atoms with Crippen molar-refractivity contribution in [2.24, 2.45) is 0 Å². The first-order valence-electron chi connectivity index (χ1n) is 6.64. The number of Topliss-reactive ketones (excluding diaryl/α,β-unsaturated/α-hetero) is 1. The predicted octanol–water partition coefficient (Wildman–Crippen LogP) is 4.02. The van der Waals surface area contributed by atoms with Crippen LogP contribution in [0.25, 0.3) is 0 Å². The third-order valence-electron chi connectivity index (χ3n) is 3.27. The van der Waals surface area contributed by atoms with Crippen LogP contribution in [0.1, 0.15) is 55.9 Å². The van der Waals surface area contributed by atoms with Gasteiger partial charge in [0.1, 0.15) is 5.69 Å². The standard InChI is InChI=1S/C14H19ClN2O/c1-2-8-17-14(12(15)10-16-17)13(18)9-11-6-4-3-5-7-11/h6,10H,2-5,7-9H2,1H3. The highest BCUT2D eigenvalue weighted by molar-refractivity contribution is 6.33. The van der Waals surface area contributed by atoms with Crippen LogP contribution in [0.5, 0.6) is 0 Å². The van der Waals surface area contributed by atoms with E-state index in [1.807, 2.05) is 0 Å². The number of ketones is 1. The topological polar surface area (TPSA) is 34.9 Å². The second-order valence-corrected chi connectivity index (χ2v) is 5.18. The molecule has 1 aliphatic carbocycles. The first-order chi connectivity index (χ1) is 8.72. The maximum absolute atomic E-state index is 12.3. The van der Waals surface area contributed by atoms with E-state index in [0.29, 0.717) is 17.1 Å². The molecule has 4 heteroatoms. The van der Waals surface area contributed by atoms with Gasteiger partial charge in [-0.1, -0.05) is 30.2 Å². The predicted molar refractivity (Wildman–Crippen MR) is 73.0 cm³/mol. The molecule has 0 unspecified atom stereocenters. The number of rotatable bonds is 5. The quantitative estimate of drug-likeness (QED) is 0.596. The molecule has 0 spiro atoms. The van der Waals surface area contributed by atoms with Gasteiger partial charge in [0.25, 0.3) is 0 Å². The summed E-state index contributed by atoms with van der Waals surface area (Å²) in [6, 6.07) is 0. The molecular weight excluding hydrogens is 248 g/mol. The summed E-state index contributed by atoms with van der Waals surface area (Å²) < 4.78 is 1.73. The van der Waals surface area contributed by atoms with E-state index in [1.54, 1.807) is 10.9 Å². The molecule has 3 nitrogen and oxygen atoms in total. The van der Waals surface area contributed by atoms with Gasteiger partial charge in [0.05, 0.1) is 11.2 Å². The summed E-state index contributed by atoms with van der Waals surface area (Å²) in [5, 5.41) is 4.64. The molecule has 0 bridgehead atoms. The highest BCUT2D eigenvalue weighted by Gasteiger charge is 2.18. The summed E-state index contributed by atoms with van der Waals surface area (Å²) in [5.74, 6) is 0.0964. The Labute approximate surface area is 113 Å². The van der Waals surface area contributed by atoms with Crippen molar-refractivity contribution in [3.63, 3.8) is 0 Å². The monoisotopic (exact) mass is 266 g/mol. The summed E-state index contributed by atoms with van der Waals surface area (Å²) in [5.41, 5.74) is 1.83. The van der Waals surface area contributed by atoms with Crippen molar-refractivity contribution in [3.8, 4) is 0 Å². The van der Waals surface area contributed by atoms with Gasteiger partial charge in [0, 0.05) is 13.0 Å². The van der Waals surface area contributed by atoms with E-state index in [2.05, 4.69) is 18.1 Å². The van der Waals surface area contributed by atoms with Gasteiger partial charge in [-0.3, -0.25) is 9.48 Å².